The average molecular weight is 389 g/mol. The van der Waals surface area contributed by atoms with E-state index < -0.39 is 15.8 Å². The van der Waals surface area contributed by atoms with Crippen LogP contribution in [0.2, 0.25) is 0 Å². The molecule has 0 amide bonds. The van der Waals surface area contributed by atoms with E-state index in [1.807, 2.05) is 31.2 Å². The van der Waals surface area contributed by atoms with Crippen molar-refractivity contribution in [1.29, 1.82) is 0 Å². The Morgan fingerprint density at radius 1 is 1.22 bits per heavy atom. The maximum Gasteiger partial charge on any atom is 0.246 e. The fraction of sp³-hybridized carbons (Fsp3) is 0.316. The summed E-state index contributed by atoms with van der Waals surface area (Å²) in [6, 6.07) is 11.3. The Balaban J connectivity index is 1.68. The summed E-state index contributed by atoms with van der Waals surface area (Å²) in [4.78, 5) is 4.43. The molecule has 3 aromatic rings. The molecule has 0 aliphatic carbocycles. The van der Waals surface area contributed by atoms with Gasteiger partial charge in [0.1, 0.15) is 22.3 Å². The summed E-state index contributed by atoms with van der Waals surface area (Å²) >= 11 is 0. The van der Waals surface area contributed by atoms with Gasteiger partial charge in [-0.1, -0.05) is 12.1 Å². The molecule has 6 nitrogen and oxygen atoms in total. The molecule has 1 fully saturated rings. The van der Waals surface area contributed by atoms with Gasteiger partial charge >= 0.3 is 0 Å². The Kier molecular flexibility index (Phi) is 4.39. The molecule has 0 saturated carbocycles. The predicted molar refractivity (Wildman–Crippen MR) is 99.8 cm³/mol. The van der Waals surface area contributed by atoms with Crippen molar-refractivity contribution in [2.75, 3.05) is 20.2 Å². The van der Waals surface area contributed by atoms with Crippen LogP contribution in [0.5, 0.6) is 5.75 Å². The van der Waals surface area contributed by atoms with Gasteiger partial charge in [0.05, 0.1) is 24.2 Å². The normalized spacial score (nSPS) is 18.3. The summed E-state index contributed by atoms with van der Waals surface area (Å²) < 4.78 is 48.5. The lowest BCUT2D eigenvalue weighted by atomic mass is 10.2. The van der Waals surface area contributed by atoms with Gasteiger partial charge in [0, 0.05) is 13.1 Å². The van der Waals surface area contributed by atoms with Gasteiger partial charge in [-0.15, -0.1) is 0 Å². The van der Waals surface area contributed by atoms with Gasteiger partial charge in [-0.3, -0.25) is 0 Å². The van der Waals surface area contributed by atoms with Gasteiger partial charge in [0.2, 0.25) is 10.0 Å². The van der Waals surface area contributed by atoms with Crippen molar-refractivity contribution in [3.05, 3.63) is 54.1 Å². The minimum absolute atomic E-state index is 0.0215. The zero-order valence-corrected chi connectivity index (χ0v) is 15.9. The fourth-order valence-corrected chi connectivity index (χ4v) is 5.42. The van der Waals surface area contributed by atoms with Crippen LogP contribution in [0, 0.1) is 12.7 Å². The van der Waals surface area contributed by atoms with E-state index in [2.05, 4.69) is 9.55 Å². The zero-order chi connectivity index (χ0) is 19.2. The summed E-state index contributed by atoms with van der Waals surface area (Å²) in [5, 5.41) is 0. The Labute approximate surface area is 157 Å². The number of aryl methyl sites for hydroxylation is 1. The average Bonchev–Trinajstić information content (AvgIpc) is 3.25. The highest BCUT2D eigenvalue weighted by molar-refractivity contribution is 7.89. The molecule has 2 heterocycles. The molecule has 4 rings (SSSR count). The lowest BCUT2D eigenvalue weighted by molar-refractivity contribution is 0.395. The van der Waals surface area contributed by atoms with E-state index in [1.165, 1.54) is 23.5 Å². The first-order chi connectivity index (χ1) is 12.9. The smallest absolute Gasteiger partial charge is 0.246 e. The summed E-state index contributed by atoms with van der Waals surface area (Å²) in [5.74, 6) is 0.384. The van der Waals surface area contributed by atoms with Crippen LogP contribution in [-0.4, -0.2) is 42.5 Å². The second kappa shape index (κ2) is 6.61. The summed E-state index contributed by atoms with van der Waals surface area (Å²) in [5.41, 5.74) is 1.88. The molecule has 1 aromatic heterocycles. The SMILES string of the molecule is COc1ccc(F)cc1S(=O)(=O)N1CC[C@@H](n2c(C)nc3ccccc32)C1. The summed E-state index contributed by atoms with van der Waals surface area (Å²) in [7, 11) is -2.48. The van der Waals surface area contributed by atoms with E-state index in [0.29, 0.717) is 19.5 Å². The van der Waals surface area contributed by atoms with Crippen LogP contribution in [0.15, 0.2) is 47.4 Å². The van der Waals surface area contributed by atoms with Crippen molar-refractivity contribution in [3.8, 4) is 5.75 Å². The molecule has 1 aliphatic rings. The van der Waals surface area contributed by atoms with Crippen molar-refractivity contribution in [2.45, 2.75) is 24.3 Å². The van der Waals surface area contributed by atoms with E-state index in [9.17, 15) is 12.8 Å². The monoisotopic (exact) mass is 389 g/mol. The number of imidazole rings is 1. The van der Waals surface area contributed by atoms with Crippen LogP contribution in [-0.2, 0) is 10.0 Å². The molecule has 8 heteroatoms. The van der Waals surface area contributed by atoms with Crippen LogP contribution < -0.4 is 4.74 Å². The number of ether oxygens (including phenoxy) is 1. The number of fused-ring (bicyclic) bond motifs is 1. The Morgan fingerprint density at radius 2 is 2.00 bits per heavy atom. The number of nitrogens with zero attached hydrogens (tertiary/aromatic N) is 3. The molecule has 27 heavy (non-hydrogen) atoms. The molecule has 2 aromatic carbocycles. The number of hydrogen-bond donors (Lipinski definition) is 0. The van der Waals surface area contributed by atoms with Crippen LogP contribution in [0.4, 0.5) is 4.39 Å². The highest BCUT2D eigenvalue weighted by atomic mass is 32.2. The van der Waals surface area contributed by atoms with Gasteiger partial charge in [0.15, 0.2) is 0 Å². The molecule has 0 spiro atoms. The minimum Gasteiger partial charge on any atom is -0.495 e. The van der Waals surface area contributed by atoms with E-state index >= 15 is 0 Å². The lowest BCUT2D eigenvalue weighted by Gasteiger charge is -2.19. The maximum absolute atomic E-state index is 13.7. The van der Waals surface area contributed by atoms with Gasteiger partial charge in [-0.25, -0.2) is 17.8 Å². The van der Waals surface area contributed by atoms with Crippen molar-refractivity contribution >= 4 is 21.1 Å². The minimum atomic E-state index is -3.86. The first-order valence-corrected chi connectivity index (χ1v) is 10.1. The zero-order valence-electron chi connectivity index (χ0n) is 15.1. The van der Waals surface area contributed by atoms with Gasteiger partial charge in [-0.05, 0) is 43.7 Å². The number of sulfonamides is 1. The van der Waals surface area contributed by atoms with E-state index in [4.69, 9.17) is 4.74 Å². The Hall–Kier alpha value is -2.45. The van der Waals surface area contributed by atoms with Crippen molar-refractivity contribution < 1.29 is 17.5 Å². The number of para-hydroxylation sites is 2. The van der Waals surface area contributed by atoms with Gasteiger partial charge in [0.25, 0.3) is 0 Å². The first-order valence-electron chi connectivity index (χ1n) is 8.69. The highest BCUT2D eigenvalue weighted by Crippen LogP contribution is 2.34. The Bertz CT molecular complexity index is 1110. The van der Waals surface area contributed by atoms with Crippen molar-refractivity contribution in [2.24, 2.45) is 0 Å². The number of methoxy groups -OCH3 is 1. The molecular weight excluding hydrogens is 369 g/mol. The second-order valence-corrected chi connectivity index (χ2v) is 8.52. The third kappa shape index (κ3) is 2.98. The summed E-state index contributed by atoms with van der Waals surface area (Å²) in [6.45, 7) is 2.59. The molecule has 1 saturated heterocycles. The van der Waals surface area contributed by atoms with Crippen LogP contribution in [0.25, 0.3) is 11.0 Å². The highest BCUT2D eigenvalue weighted by Gasteiger charge is 2.36. The van der Waals surface area contributed by atoms with E-state index in [0.717, 1.165) is 22.9 Å². The maximum atomic E-state index is 13.7. The van der Waals surface area contributed by atoms with Crippen LogP contribution in [0.1, 0.15) is 18.3 Å². The van der Waals surface area contributed by atoms with Crippen molar-refractivity contribution in [3.63, 3.8) is 0 Å². The molecular formula is C19H20FN3O3S. The van der Waals surface area contributed by atoms with Gasteiger partial charge < -0.3 is 9.30 Å². The third-order valence-electron chi connectivity index (χ3n) is 5.01. The van der Waals surface area contributed by atoms with E-state index in [1.54, 1.807) is 0 Å². The molecule has 0 radical (unpaired) electrons. The van der Waals surface area contributed by atoms with Crippen molar-refractivity contribution in [1.82, 2.24) is 13.9 Å². The van der Waals surface area contributed by atoms with Crippen LogP contribution >= 0.6 is 0 Å². The standard InChI is InChI=1S/C19H20FN3O3S/c1-13-21-16-5-3-4-6-17(16)23(13)15-9-10-22(12-15)27(24,25)19-11-14(20)7-8-18(19)26-2/h3-8,11,15H,9-10,12H2,1-2H3/t15-/m1/s1. The number of rotatable bonds is 4. The number of hydrogen-bond acceptors (Lipinski definition) is 4. The lowest BCUT2D eigenvalue weighted by Crippen LogP contribution is -2.29. The summed E-state index contributed by atoms with van der Waals surface area (Å²) in [6.07, 6.45) is 0.665. The third-order valence-corrected chi connectivity index (χ3v) is 6.89. The molecule has 1 aliphatic heterocycles. The fourth-order valence-electron chi connectivity index (χ4n) is 3.76. The first kappa shape index (κ1) is 17.9. The molecule has 0 unspecified atom stereocenters. The van der Waals surface area contributed by atoms with E-state index in [-0.39, 0.29) is 16.7 Å². The Morgan fingerprint density at radius 3 is 2.78 bits per heavy atom. The number of aromatic nitrogens is 2. The quantitative estimate of drug-likeness (QED) is 0.688. The molecule has 142 valence electrons. The van der Waals surface area contributed by atoms with Gasteiger partial charge in [-0.2, -0.15) is 4.31 Å². The number of halogens is 1. The second-order valence-electron chi connectivity index (χ2n) is 6.62. The molecule has 1 atom stereocenters. The largest absolute Gasteiger partial charge is 0.495 e. The number of benzene rings is 2. The molecule has 0 N–H and O–H groups in total. The molecule has 0 bridgehead atoms. The topological polar surface area (TPSA) is 64.4 Å². The van der Waals surface area contributed by atoms with Crippen LogP contribution in [0.3, 0.4) is 0 Å². The predicted octanol–water partition coefficient (Wildman–Crippen LogP) is 3.13.